The molecule has 0 aromatic carbocycles. The normalized spacial score (nSPS) is 19.6. The Labute approximate surface area is 162 Å². The van der Waals surface area contributed by atoms with Gasteiger partial charge in [0.05, 0.1) is 19.6 Å². The highest BCUT2D eigenvalue weighted by molar-refractivity contribution is 7.18. The number of carbonyl (C=O) groups excluding carboxylic acids is 3. The van der Waals surface area contributed by atoms with Gasteiger partial charge >= 0.3 is 12.1 Å². The van der Waals surface area contributed by atoms with Crippen LogP contribution < -0.4 is 10.1 Å². The highest BCUT2D eigenvalue weighted by atomic mass is 32.1. The van der Waals surface area contributed by atoms with Crippen molar-refractivity contribution in [3.8, 4) is 5.06 Å². The number of hydrogen-bond donors (Lipinski definition) is 1. The Bertz CT molecular complexity index is 792. The van der Waals surface area contributed by atoms with Crippen LogP contribution in [-0.4, -0.2) is 55.7 Å². The molecule has 1 aromatic rings. The molecule has 7 nitrogen and oxygen atoms in total. The van der Waals surface area contributed by atoms with E-state index in [-0.39, 0.29) is 30.0 Å². The fourth-order valence-electron chi connectivity index (χ4n) is 3.32. The van der Waals surface area contributed by atoms with Gasteiger partial charge < -0.3 is 19.7 Å². The molecule has 1 aromatic heterocycles. The third kappa shape index (κ3) is 4.40. The van der Waals surface area contributed by atoms with Crippen molar-refractivity contribution in [3.05, 3.63) is 11.1 Å². The van der Waals surface area contributed by atoms with Crippen LogP contribution in [0.3, 0.4) is 0 Å². The van der Waals surface area contributed by atoms with Gasteiger partial charge in [-0.1, -0.05) is 11.3 Å². The number of alkyl halides is 3. The molecule has 11 heteroatoms. The first-order valence-electron chi connectivity index (χ1n) is 8.71. The van der Waals surface area contributed by atoms with Crippen molar-refractivity contribution >= 4 is 34.1 Å². The van der Waals surface area contributed by atoms with Crippen molar-refractivity contribution < 1.29 is 37.0 Å². The van der Waals surface area contributed by atoms with Crippen molar-refractivity contribution in [2.24, 2.45) is 5.92 Å². The van der Waals surface area contributed by atoms with E-state index in [9.17, 15) is 27.6 Å². The average molecular weight is 420 g/mol. The van der Waals surface area contributed by atoms with E-state index in [1.54, 1.807) is 0 Å². The molecule has 0 saturated carbocycles. The lowest BCUT2D eigenvalue weighted by Gasteiger charge is -2.32. The van der Waals surface area contributed by atoms with Gasteiger partial charge in [-0.2, -0.15) is 13.2 Å². The van der Waals surface area contributed by atoms with Crippen LogP contribution >= 0.6 is 11.3 Å². The van der Waals surface area contributed by atoms with E-state index >= 15 is 0 Å². The summed E-state index contributed by atoms with van der Waals surface area (Å²) in [6, 6.07) is 0. The summed E-state index contributed by atoms with van der Waals surface area (Å²) in [4.78, 5) is 37.2. The van der Waals surface area contributed by atoms with Crippen LogP contribution in [-0.2, 0) is 20.7 Å². The molecular formula is C17H19F3N2O5S. The van der Waals surface area contributed by atoms with Crippen LogP contribution in [0, 0.1) is 5.92 Å². The highest BCUT2D eigenvalue weighted by Gasteiger charge is 2.38. The Balaban J connectivity index is 1.76. The zero-order valence-corrected chi connectivity index (χ0v) is 15.9. The maximum absolute atomic E-state index is 12.6. The Morgan fingerprint density at radius 1 is 1.36 bits per heavy atom. The second-order valence-corrected chi connectivity index (χ2v) is 7.61. The molecule has 154 valence electrons. The number of piperidine rings is 1. The number of anilines is 1. The van der Waals surface area contributed by atoms with Gasteiger partial charge in [0.2, 0.25) is 11.8 Å². The maximum atomic E-state index is 12.6. The van der Waals surface area contributed by atoms with Gasteiger partial charge in [-0.05, 0) is 19.3 Å². The summed E-state index contributed by atoms with van der Waals surface area (Å²) >= 11 is 1.09. The number of ether oxygens (including phenoxy) is 2. The molecule has 1 saturated heterocycles. The lowest BCUT2D eigenvalue weighted by molar-refractivity contribution is -0.166. The number of halogens is 3. The second kappa shape index (κ2) is 7.98. The van der Waals surface area contributed by atoms with Gasteiger partial charge in [-0.25, -0.2) is 4.79 Å². The molecule has 3 heterocycles. The van der Waals surface area contributed by atoms with Crippen LogP contribution in [0.5, 0.6) is 5.06 Å². The molecule has 1 fully saturated rings. The lowest BCUT2D eigenvalue weighted by Crippen LogP contribution is -2.47. The van der Waals surface area contributed by atoms with Gasteiger partial charge in [0.25, 0.3) is 0 Å². The summed E-state index contributed by atoms with van der Waals surface area (Å²) in [5.74, 6) is -2.58. The molecule has 1 atom stereocenters. The van der Waals surface area contributed by atoms with Gasteiger partial charge in [0, 0.05) is 18.5 Å². The number of amides is 2. The first-order chi connectivity index (χ1) is 13.2. The topological polar surface area (TPSA) is 84.9 Å². The van der Waals surface area contributed by atoms with Gasteiger partial charge in [0.15, 0.2) is 5.06 Å². The molecule has 1 unspecified atom stereocenters. The van der Waals surface area contributed by atoms with E-state index in [4.69, 9.17) is 9.47 Å². The number of rotatable bonds is 4. The zero-order chi connectivity index (χ0) is 20.5. The number of esters is 1. The Morgan fingerprint density at radius 2 is 2.11 bits per heavy atom. The summed E-state index contributed by atoms with van der Waals surface area (Å²) in [6.45, 7) is -1.21. The fourth-order valence-corrected chi connectivity index (χ4v) is 4.44. The standard InChI is InChI=1S/C17H19F3N2O5S/c1-26-15(25)12-10-3-2-6-27-16(10)28-14(12)21-13(24)9-4-5-11(23)22(7-9)8-17(18,19)20/h9H,2-8H2,1H3,(H,21,24). The third-order valence-electron chi connectivity index (χ3n) is 4.64. The third-order valence-corrected chi connectivity index (χ3v) is 5.70. The largest absolute Gasteiger partial charge is 0.484 e. The van der Waals surface area contributed by atoms with Crippen LogP contribution in [0.15, 0.2) is 0 Å². The number of carbonyl (C=O) groups is 3. The van der Waals surface area contributed by atoms with Crippen molar-refractivity contribution in [2.45, 2.75) is 31.9 Å². The van der Waals surface area contributed by atoms with E-state index in [2.05, 4.69) is 5.32 Å². The van der Waals surface area contributed by atoms with Crippen LogP contribution in [0.4, 0.5) is 18.2 Å². The molecule has 1 N–H and O–H groups in total. The monoisotopic (exact) mass is 420 g/mol. The first kappa shape index (κ1) is 20.4. The average Bonchev–Trinajstić information content (AvgIpc) is 2.99. The van der Waals surface area contributed by atoms with E-state index in [0.29, 0.717) is 28.6 Å². The summed E-state index contributed by atoms with van der Waals surface area (Å²) in [5, 5.41) is 3.41. The smallest absolute Gasteiger partial charge is 0.406 e. The quantitative estimate of drug-likeness (QED) is 0.757. The molecule has 28 heavy (non-hydrogen) atoms. The summed E-state index contributed by atoms with van der Waals surface area (Å²) in [5.41, 5.74) is 0.880. The number of nitrogens with one attached hydrogen (secondary N) is 1. The lowest BCUT2D eigenvalue weighted by atomic mass is 9.96. The van der Waals surface area contributed by atoms with Crippen LogP contribution in [0.2, 0.25) is 0 Å². The molecule has 0 radical (unpaired) electrons. The Hall–Kier alpha value is -2.30. The SMILES string of the molecule is COC(=O)c1c(NC(=O)C2CCC(=O)N(CC(F)(F)F)C2)sc2c1CCCO2. The van der Waals surface area contributed by atoms with E-state index in [0.717, 1.165) is 17.8 Å². The second-order valence-electron chi connectivity index (χ2n) is 6.63. The number of fused-ring (bicyclic) bond motifs is 1. The summed E-state index contributed by atoms with van der Waals surface area (Å²) in [7, 11) is 1.23. The minimum Gasteiger partial charge on any atom is -0.484 e. The molecule has 0 bridgehead atoms. The van der Waals surface area contributed by atoms with Gasteiger partial charge in [-0.3, -0.25) is 9.59 Å². The minimum absolute atomic E-state index is 0.137. The van der Waals surface area contributed by atoms with E-state index in [1.165, 1.54) is 7.11 Å². The predicted octanol–water partition coefficient (Wildman–Crippen LogP) is 2.60. The number of thiophene rings is 1. The Morgan fingerprint density at radius 3 is 2.79 bits per heavy atom. The molecule has 0 aliphatic carbocycles. The highest BCUT2D eigenvalue weighted by Crippen LogP contribution is 2.43. The molecular weight excluding hydrogens is 401 g/mol. The minimum atomic E-state index is -4.53. The Kier molecular flexibility index (Phi) is 5.82. The molecule has 2 amide bonds. The zero-order valence-electron chi connectivity index (χ0n) is 15.1. The number of nitrogens with zero attached hydrogens (tertiary/aromatic N) is 1. The fraction of sp³-hybridized carbons (Fsp3) is 0.588. The number of methoxy groups -OCH3 is 1. The van der Waals surface area contributed by atoms with Crippen molar-refractivity contribution in [1.82, 2.24) is 4.90 Å². The molecule has 2 aliphatic rings. The molecule has 2 aliphatic heterocycles. The first-order valence-corrected chi connectivity index (χ1v) is 9.53. The molecule has 0 spiro atoms. The van der Waals surface area contributed by atoms with Crippen molar-refractivity contribution in [1.29, 1.82) is 0 Å². The van der Waals surface area contributed by atoms with Crippen molar-refractivity contribution in [3.63, 3.8) is 0 Å². The predicted molar refractivity (Wildman–Crippen MR) is 93.5 cm³/mol. The molecule has 3 rings (SSSR count). The number of hydrogen-bond acceptors (Lipinski definition) is 6. The van der Waals surface area contributed by atoms with E-state index in [1.807, 2.05) is 0 Å². The number of likely N-dealkylation sites (tertiary alicyclic amines) is 1. The van der Waals surface area contributed by atoms with Gasteiger partial charge in [0.1, 0.15) is 17.1 Å². The van der Waals surface area contributed by atoms with Crippen molar-refractivity contribution in [2.75, 3.05) is 32.1 Å². The van der Waals surface area contributed by atoms with Crippen LogP contribution in [0.25, 0.3) is 0 Å². The summed E-state index contributed by atoms with van der Waals surface area (Å²) < 4.78 is 48.3. The summed E-state index contributed by atoms with van der Waals surface area (Å²) in [6.07, 6.45) is -3.20. The van der Waals surface area contributed by atoms with E-state index < -0.39 is 36.4 Å². The maximum Gasteiger partial charge on any atom is 0.406 e. The van der Waals surface area contributed by atoms with Crippen LogP contribution in [0.1, 0.15) is 35.2 Å². The van der Waals surface area contributed by atoms with Gasteiger partial charge in [-0.15, -0.1) is 0 Å².